The summed E-state index contributed by atoms with van der Waals surface area (Å²) in [7, 11) is 0. The first-order valence-corrected chi connectivity index (χ1v) is 7.02. The van der Waals surface area contributed by atoms with Crippen LogP contribution in [0.25, 0.3) is 0 Å². The Morgan fingerprint density at radius 2 is 1.83 bits per heavy atom. The number of carboxylic acid groups (broad SMARTS) is 1. The van der Waals surface area contributed by atoms with Gasteiger partial charge in [0.15, 0.2) is 5.57 Å². The quantitative estimate of drug-likeness (QED) is 0.795. The summed E-state index contributed by atoms with van der Waals surface area (Å²) in [4.78, 5) is 13.4. The SMILES string of the molecule is N#CC(C#N)=C(C#N)Nc1cc(N2CCOCC2)ccc1C(=O)O. The molecule has 120 valence electrons. The van der Waals surface area contributed by atoms with Crippen LogP contribution < -0.4 is 10.2 Å². The van der Waals surface area contributed by atoms with E-state index in [1.165, 1.54) is 6.07 Å². The molecular formula is C16H13N5O3. The van der Waals surface area contributed by atoms with Crippen molar-refractivity contribution in [2.75, 3.05) is 36.5 Å². The molecule has 1 aliphatic rings. The second-order valence-corrected chi connectivity index (χ2v) is 4.84. The summed E-state index contributed by atoms with van der Waals surface area (Å²) in [5, 5.41) is 38.8. The maximum Gasteiger partial charge on any atom is 0.337 e. The Balaban J connectivity index is 2.44. The molecule has 2 N–H and O–H groups in total. The monoisotopic (exact) mass is 323 g/mol. The largest absolute Gasteiger partial charge is 0.478 e. The Kier molecular flexibility index (Phi) is 5.36. The van der Waals surface area contributed by atoms with Crippen molar-refractivity contribution in [3.63, 3.8) is 0 Å². The fourth-order valence-electron chi connectivity index (χ4n) is 2.26. The number of allylic oxidation sites excluding steroid dienone is 2. The van der Waals surface area contributed by atoms with E-state index in [1.54, 1.807) is 30.3 Å². The molecule has 0 atom stereocenters. The molecule has 1 fully saturated rings. The normalized spacial score (nSPS) is 13.1. The number of ether oxygens (including phenoxy) is 1. The van der Waals surface area contributed by atoms with Gasteiger partial charge in [0.05, 0.1) is 24.5 Å². The van der Waals surface area contributed by atoms with Crippen molar-refractivity contribution in [2.45, 2.75) is 0 Å². The number of benzene rings is 1. The summed E-state index contributed by atoms with van der Waals surface area (Å²) < 4.78 is 5.28. The molecule has 1 aliphatic heterocycles. The number of nitrogens with one attached hydrogen (secondary N) is 1. The molecule has 8 nitrogen and oxygen atoms in total. The first-order valence-electron chi connectivity index (χ1n) is 7.02. The molecule has 0 bridgehead atoms. The van der Waals surface area contributed by atoms with E-state index in [0.29, 0.717) is 26.3 Å². The van der Waals surface area contributed by atoms with Crippen LogP contribution in [0.5, 0.6) is 0 Å². The number of nitrogens with zero attached hydrogens (tertiary/aromatic N) is 4. The standard InChI is InChI=1S/C16H13N5O3/c17-8-11(9-18)15(10-19)20-14-7-12(1-2-13(14)16(22)23)21-3-5-24-6-4-21/h1-2,7,20H,3-6H2,(H,22,23). The van der Waals surface area contributed by atoms with Gasteiger partial charge in [0.25, 0.3) is 0 Å². The lowest BCUT2D eigenvalue weighted by Crippen LogP contribution is -2.36. The molecule has 1 aromatic rings. The minimum absolute atomic E-state index is 0.0602. The number of carbonyl (C=O) groups is 1. The number of rotatable bonds is 4. The van der Waals surface area contributed by atoms with Crippen LogP contribution in [0.2, 0.25) is 0 Å². The highest BCUT2D eigenvalue weighted by Gasteiger charge is 2.17. The zero-order valence-corrected chi connectivity index (χ0v) is 12.6. The van der Waals surface area contributed by atoms with Crippen LogP contribution >= 0.6 is 0 Å². The zero-order valence-electron chi connectivity index (χ0n) is 12.6. The third kappa shape index (κ3) is 3.61. The van der Waals surface area contributed by atoms with Gasteiger partial charge in [0.1, 0.15) is 23.9 Å². The first kappa shape index (κ1) is 16.8. The summed E-state index contributed by atoms with van der Waals surface area (Å²) in [6, 6.07) is 9.61. The van der Waals surface area contributed by atoms with Crippen molar-refractivity contribution >= 4 is 17.3 Å². The molecule has 0 aromatic heterocycles. The van der Waals surface area contributed by atoms with Crippen LogP contribution in [-0.2, 0) is 4.74 Å². The highest BCUT2D eigenvalue weighted by Crippen LogP contribution is 2.26. The Morgan fingerprint density at radius 1 is 1.17 bits per heavy atom. The molecule has 0 aliphatic carbocycles. The lowest BCUT2D eigenvalue weighted by molar-refractivity contribution is 0.0698. The second kappa shape index (κ2) is 7.64. The number of morpholine rings is 1. The summed E-state index contributed by atoms with van der Waals surface area (Å²) in [5.74, 6) is -1.18. The number of anilines is 2. The molecule has 1 saturated heterocycles. The minimum Gasteiger partial charge on any atom is -0.478 e. The van der Waals surface area contributed by atoms with Gasteiger partial charge in [-0.05, 0) is 18.2 Å². The lowest BCUT2D eigenvalue weighted by atomic mass is 10.1. The van der Waals surface area contributed by atoms with Gasteiger partial charge in [-0.3, -0.25) is 0 Å². The van der Waals surface area contributed by atoms with Crippen molar-refractivity contribution in [3.05, 3.63) is 35.0 Å². The Bertz CT molecular complexity index is 788. The topological polar surface area (TPSA) is 133 Å². The fraction of sp³-hybridized carbons (Fsp3) is 0.250. The van der Waals surface area contributed by atoms with E-state index in [0.717, 1.165) is 5.69 Å². The molecule has 8 heteroatoms. The van der Waals surface area contributed by atoms with Crippen molar-refractivity contribution in [3.8, 4) is 18.2 Å². The van der Waals surface area contributed by atoms with Crippen LogP contribution in [-0.4, -0.2) is 37.4 Å². The molecule has 0 unspecified atom stereocenters. The molecule has 0 saturated carbocycles. The fourth-order valence-corrected chi connectivity index (χ4v) is 2.26. The summed E-state index contributed by atoms with van der Waals surface area (Å²) in [6.07, 6.45) is 0. The number of aromatic carboxylic acids is 1. The Hall–Kier alpha value is -3.54. The number of carboxylic acids is 1. The van der Waals surface area contributed by atoms with Gasteiger partial charge in [-0.1, -0.05) is 0 Å². The van der Waals surface area contributed by atoms with Crippen LogP contribution in [0.4, 0.5) is 11.4 Å². The highest BCUT2D eigenvalue weighted by atomic mass is 16.5. The van der Waals surface area contributed by atoms with Gasteiger partial charge >= 0.3 is 5.97 Å². The predicted molar refractivity (Wildman–Crippen MR) is 83.9 cm³/mol. The number of hydrogen-bond donors (Lipinski definition) is 2. The first-order chi connectivity index (χ1) is 11.6. The maximum atomic E-state index is 11.4. The maximum absolute atomic E-state index is 11.4. The molecule has 1 aromatic carbocycles. The zero-order chi connectivity index (χ0) is 17.5. The van der Waals surface area contributed by atoms with Crippen LogP contribution in [0.15, 0.2) is 29.5 Å². The van der Waals surface area contributed by atoms with E-state index in [9.17, 15) is 9.90 Å². The molecule has 0 radical (unpaired) electrons. The lowest BCUT2D eigenvalue weighted by Gasteiger charge is -2.29. The van der Waals surface area contributed by atoms with Crippen LogP contribution in [0.3, 0.4) is 0 Å². The minimum atomic E-state index is -1.18. The summed E-state index contributed by atoms with van der Waals surface area (Å²) >= 11 is 0. The average molecular weight is 323 g/mol. The second-order valence-electron chi connectivity index (χ2n) is 4.84. The van der Waals surface area contributed by atoms with Crippen molar-refractivity contribution in [1.29, 1.82) is 15.8 Å². The van der Waals surface area contributed by atoms with Gasteiger partial charge in [-0.15, -0.1) is 0 Å². The average Bonchev–Trinajstić information content (AvgIpc) is 2.62. The molecule has 24 heavy (non-hydrogen) atoms. The van der Waals surface area contributed by atoms with E-state index in [-0.39, 0.29) is 16.9 Å². The van der Waals surface area contributed by atoms with Crippen molar-refractivity contribution in [1.82, 2.24) is 0 Å². The molecule has 0 amide bonds. The van der Waals surface area contributed by atoms with E-state index in [1.807, 2.05) is 4.90 Å². The highest BCUT2D eigenvalue weighted by molar-refractivity contribution is 5.95. The van der Waals surface area contributed by atoms with E-state index >= 15 is 0 Å². The Morgan fingerprint density at radius 3 is 2.38 bits per heavy atom. The Labute approximate surface area is 138 Å². The molecule has 2 rings (SSSR count). The summed E-state index contributed by atoms with van der Waals surface area (Å²) in [5.41, 5.74) is 0.145. The third-order valence-corrected chi connectivity index (χ3v) is 3.45. The molecule has 0 spiro atoms. The van der Waals surface area contributed by atoms with E-state index < -0.39 is 11.5 Å². The van der Waals surface area contributed by atoms with E-state index in [2.05, 4.69) is 5.32 Å². The van der Waals surface area contributed by atoms with Gasteiger partial charge in [-0.25, -0.2) is 4.79 Å². The van der Waals surface area contributed by atoms with Crippen LogP contribution in [0.1, 0.15) is 10.4 Å². The molecule has 1 heterocycles. The van der Waals surface area contributed by atoms with E-state index in [4.69, 9.17) is 20.5 Å². The summed E-state index contributed by atoms with van der Waals surface area (Å²) in [6.45, 7) is 2.46. The van der Waals surface area contributed by atoms with Gasteiger partial charge in [0, 0.05) is 18.8 Å². The van der Waals surface area contributed by atoms with Crippen molar-refractivity contribution in [2.24, 2.45) is 0 Å². The molecular weight excluding hydrogens is 310 g/mol. The predicted octanol–water partition coefficient (Wildman–Crippen LogP) is 1.46. The van der Waals surface area contributed by atoms with Crippen LogP contribution in [0, 0.1) is 34.0 Å². The van der Waals surface area contributed by atoms with Gasteiger partial charge < -0.3 is 20.1 Å². The van der Waals surface area contributed by atoms with Gasteiger partial charge in [-0.2, -0.15) is 15.8 Å². The smallest absolute Gasteiger partial charge is 0.337 e. The number of nitriles is 3. The third-order valence-electron chi connectivity index (χ3n) is 3.45. The van der Waals surface area contributed by atoms with Gasteiger partial charge in [0.2, 0.25) is 0 Å². The van der Waals surface area contributed by atoms with Crippen molar-refractivity contribution < 1.29 is 14.6 Å². The number of hydrogen-bond acceptors (Lipinski definition) is 7.